The first-order chi connectivity index (χ1) is 10.2. The molecule has 0 amide bonds. The van der Waals surface area contributed by atoms with E-state index in [1.54, 1.807) is 0 Å². The Hall–Kier alpha value is -1.59. The SMILES string of the molecule is Nc1n[nH]c(-c2cc3c(s2)CCC3)c1-c1ccccc1Br. The molecule has 0 spiro atoms. The zero-order chi connectivity index (χ0) is 14.4. The zero-order valence-corrected chi connectivity index (χ0v) is 13.7. The van der Waals surface area contributed by atoms with Gasteiger partial charge in [0.05, 0.1) is 16.1 Å². The van der Waals surface area contributed by atoms with E-state index >= 15 is 0 Å². The number of hydrogen-bond donors (Lipinski definition) is 2. The van der Waals surface area contributed by atoms with Crippen LogP contribution in [0.15, 0.2) is 34.8 Å². The standard InChI is InChI=1S/C16H14BrN3S/c17-11-6-2-1-5-10(11)14-15(19-20-16(14)18)13-8-9-4-3-7-12(9)21-13/h1-2,5-6,8H,3-4,7H2,(H3,18,19,20). The van der Waals surface area contributed by atoms with Gasteiger partial charge in [0.15, 0.2) is 5.82 Å². The number of rotatable bonds is 2. The van der Waals surface area contributed by atoms with Gasteiger partial charge in [-0.1, -0.05) is 34.1 Å². The van der Waals surface area contributed by atoms with E-state index in [1.807, 2.05) is 29.5 Å². The highest BCUT2D eigenvalue weighted by molar-refractivity contribution is 9.10. The van der Waals surface area contributed by atoms with E-state index < -0.39 is 0 Å². The van der Waals surface area contributed by atoms with Gasteiger partial charge in [0.25, 0.3) is 0 Å². The molecular formula is C16H14BrN3S. The van der Waals surface area contributed by atoms with Crippen LogP contribution in [0.25, 0.3) is 21.7 Å². The number of aromatic amines is 1. The Morgan fingerprint density at radius 2 is 2.10 bits per heavy atom. The summed E-state index contributed by atoms with van der Waals surface area (Å²) in [5, 5.41) is 7.35. The third kappa shape index (κ3) is 2.12. The van der Waals surface area contributed by atoms with Gasteiger partial charge < -0.3 is 5.73 Å². The number of aromatic nitrogens is 2. The van der Waals surface area contributed by atoms with E-state index in [-0.39, 0.29) is 0 Å². The number of thiophene rings is 1. The Balaban J connectivity index is 1.89. The molecule has 3 aromatic rings. The van der Waals surface area contributed by atoms with Crippen LogP contribution in [0.1, 0.15) is 16.9 Å². The first-order valence-corrected chi connectivity index (χ1v) is 8.55. The van der Waals surface area contributed by atoms with Crippen molar-refractivity contribution in [1.29, 1.82) is 0 Å². The first kappa shape index (κ1) is 13.1. The quantitative estimate of drug-likeness (QED) is 0.700. The third-order valence-electron chi connectivity index (χ3n) is 3.93. The maximum atomic E-state index is 6.11. The molecule has 0 saturated heterocycles. The summed E-state index contributed by atoms with van der Waals surface area (Å²) in [6.45, 7) is 0. The Bertz CT molecular complexity index is 797. The Kier molecular flexibility index (Phi) is 3.12. The van der Waals surface area contributed by atoms with Crippen LogP contribution in [0.5, 0.6) is 0 Å². The molecule has 1 aliphatic carbocycles. The predicted molar refractivity (Wildman–Crippen MR) is 91.5 cm³/mol. The smallest absolute Gasteiger partial charge is 0.153 e. The average molecular weight is 360 g/mol. The maximum absolute atomic E-state index is 6.11. The molecule has 0 unspecified atom stereocenters. The number of nitrogens with zero attached hydrogens (tertiary/aromatic N) is 1. The van der Waals surface area contributed by atoms with Gasteiger partial charge >= 0.3 is 0 Å². The molecule has 1 aliphatic rings. The highest BCUT2D eigenvalue weighted by atomic mass is 79.9. The van der Waals surface area contributed by atoms with E-state index in [0.29, 0.717) is 5.82 Å². The fourth-order valence-corrected chi connectivity index (χ4v) is 4.66. The van der Waals surface area contributed by atoms with Gasteiger partial charge in [0.2, 0.25) is 0 Å². The van der Waals surface area contributed by atoms with Crippen LogP contribution in [-0.2, 0) is 12.8 Å². The number of aryl methyl sites for hydroxylation is 2. The number of fused-ring (bicyclic) bond motifs is 1. The summed E-state index contributed by atoms with van der Waals surface area (Å²) >= 11 is 5.47. The molecule has 5 heteroatoms. The molecule has 4 rings (SSSR count). The van der Waals surface area contributed by atoms with Crippen molar-refractivity contribution in [3.05, 3.63) is 45.2 Å². The summed E-state index contributed by atoms with van der Waals surface area (Å²) in [4.78, 5) is 2.74. The molecule has 0 radical (unpaired) electrons. The van der Waals surface area contributed by atoms with Gasteiger partial charge in [-0.15, -0.1) is 11.3 Å². The molecule has 0 fully saturated rings. The van der Waals surface area contributed by atoms with Crippen molar-refractivity contribution < 1.29 is 0 Å². The summed E-state index contributed by atoms with van der Waals surface area (Å²) < 4.78 is 1.03. The number of nitrogen functional groups attached to an aromatic ring is 1. The largest absolute Gasteiger partial charge is 0.382 e. The van der Waals surface area contributed by atoms with E-state index in [2.05, 4.69) is 38.3 Å². The second-order valence-corrected chi connectivity index (χ2v) is 7.24. The highest BCUT2D eigenvalue weighted by Crippen LogP contribution is 2.43. The second kappa shape index (κ2) is 5.00. The van der Waals surface area contributed by atoms with Crippen LogP contribution in [0.4, 0.5) is 5.82 Å². The van der Waals surface area contributed by atoms with Crippen molar-refractivity contribution in [2.45, 2.75) is 19.3 Å². The molecule has 0 aliphatic heterocycles. The van der Waals surface area contributed by atoms with Crippen LogP contribution >= 0.6 is 27.3 Å². The molecule has 2 aromatic heterocycles. The van der Waals surface area contributed by atoms with Gasteiger partial charge in [-0.3, -0.25) is 5.10 Å². The third-order valence-corrected chi connectivity index (χ3v) is 5.88. The Labute approximate surface area is 135 Å². The molecule has 106 valence electrons. The maximum Gasteiger partial charge on any atom is 0.153 e. The minimum absolute atomic E-state index is 0.547. The number of nitrogens with two attached hydrogens (primary N) is 1. The van der Waals surface area contributed by atoms with Crippen molar-refractivity contribution in [2.24, 2.45) is 0 Å². The van der Waals surface area contributed by atoms with E-state index in [9.17, 15) is 0 Å². The molecule has 3 nitrogen and oxygen atoms in total. The van der Waals surface area contributed by atoms with Crippen molar-refractivity contribution in [2.75, 3.05) is 5.73 Å². The monoisotopic (exact) mass is 359 g/mol. The van der Waals surface area contributed by atoms with Crippen LogP contribution in [0, 0.1) is 0 Å². The lowest BCUT2D eigenvalue weighted by Gasteiger charge is -2.05. The van der Waals surface area contributed by atoms with Crippen LogP contribution in [0.3, 0.4) is 0 Å². The van der Waals surface area contributed by atoms with Gasteiger partial charge in [-0.2, -0.15) is 5.10 Å². The van der Waals surface area contributed by atoms with E-state index in [1.165, 1.54) is 34.6 Å². The molecule has 0 bridgehead atoms. The normalized spacial score (nSPS) is 13.6. The summed E-state index contributed by atoms with van der Waals surface area (Å²) in [7, 11) is 0. The molecule has 0 atom stereocenters. The zero-order valence-electron chi connectivity index (χ0n) is 11.3. The Morgan fingerprint density at radius 3 is 2.90 bits per heavy atom. The summed E-state index contributed by atoms with van der Waals surface area (Å²) in [5.74, 6) is 0.547. The predicted octanol–water partition coefficient (Wildman–Crippen LogP) is 4.64. The lowest BCUT2D eigenvalue weighted by atomic mass is 10.0. The van der Waals surface area contributed by atoms with Crippen molar-refractivity contribution in [3.8, 4) is 21.7 Å². The summed E-state index contributed by atoms with van der Waals surface area (Å²) in [6.07, 6.45) is 3.68. The fraction of sp³-hybridized carbons (Fsp3) is 0.188. The minimum Gasteiger partial charge on any atom is -0.382 e. The molecule has 0 saturated carbocycles. The summed E-state index contributed by atoms with van der Waals surface area (Å²) in [6, 6.07) is 10.4. The molecule has 3 N–H and O–H groups in total. The van der Waals surface area contributed by atoms with Crippen molar-refractivity contribution in [3.63, 3.8) is 0 Å². The lowest BCUT2D eigenvalue weighted by Crippen LogP contribution is -1.89. The number of halogens is 1. The molecule has 1 aromatic carbocycles. The van der Waals surface area contributed by atoms with Gasteiger partial charge in [0.1, 0.15) is 0 Å². The second-order valence-electron chi connectivity index (χ2n) is 5.25. The topological polar surface area (TPSA) is 54.7 Å². The van der Waals surface area contributed by atoms with Crippen LogP contribution in [0.2, 0.25) is 0 Å². The lowest BCUT2D eigenvalue weighted by molar-refractivity contribution is 0.915. The van der Waals surface area contributed by atoms with E-state index in [0.717, 1.165) is 21.3 Å². The number of nitrogens with one attached hydrogen (secondary N) is 1. The highest BCUT2D eigenvalue weighted by Gasteiger charge is 2.21. The van der Waals surface area contributed by atoms with Gasteiger partial charge in [-0.25, -0.2) is 0 Å². The number of anilines is 1. The minimum atomic E-state index is 0.547. The molecular weight excluding hydrogens is 346 g/mol. The van der Waals surface area contributed by atoms with Gasteiger partial charge in [0, 0.05) is 14.9 Å². The first-order valence-electron chi connectivity index (χ1n) is 6.94. The fourth-order valence-electron chi connectivity index (χ4n) is 2.92. The van der Waals surface area contributed by atoms with Gasteiger partial charge in [-0.05, 0) is 37.0 Å². The number of benzene rings is 1. The summed E-state index contributed by atoms with van der Waals surface area (Å²) in [5.41, 5.74) is 10.7. The van der Waals surface area contributed by atoms with E-state index in [4.69, 9.17) is 5.73 Å². The number of H-pyrrole nitrogens is 1. The number of hydrogen-bond acceptors (Lipinski definition) is 3. The average Bonchev–Trinajstić information content (AvgIpc) is 3.13. The molecule has 2 heterocycles. The van der Waals surface area contributed by atoms with Crippen molar-refractivity contribution in [1.82, 2.24) is 10.2 Å². The molecule has 21 heavy (non-hydrogen) atoms. The van der Waals surface area contributed by atoms with Crippen LogP contribution < -0.4 is 5.73 Å². The van der Waals surface area contributed by atoms with Crippen LogP contribution in [-0.4, -0.2) is 10.2 Å². The van der Waals surface area contributed by atoms with Crippen molar-refractivity contribution >= 4 is 33.1 Å². The Morgan fingerprint density at radius 1 is 1.24 bits per heavy atom.